The van der Waals surface area contributed by atoms with Crippen molar-refractivity contribution in [2.45, 2.75) is 0 Å². The molecule has 1 saturated heterocycles. The summed E-state index contributed by atoms with van der Waals surface area (Å²) in [5, 5.41) is 10.2. The smallest absolute Gasteiger partial charge is 0.257 e. The molecule has 24 heavy (non-hydrogen) atoms. The first kappa shape index (κ1) is 14.8. The molecule has 8 heteroatoms. The van der Waals surface area contributed by atoms with Crippen LogP contribution in [0.4, 0.5) is 5.13 Å². The van der Waals surface area contributed by atoms with Gasteiger partial charge in [0, 0.05) is 32.4 Å². The standard InChI is InChI=1S/C16H15N5O2S/c22-15(12-4-10-23-11-12)20-6-8-21(9-7-20)16-19-18-14(24-16)13-3-1-2-5-17-13/h1-5,10-11H,6-9H2. The molecule has 0 radical (unpaired) electrons. The number of pyridine rings is 1. The van der Waals surface area contributed by atoms with E-state index in [1.165, 1.54) is 23.9 Å². The van der Waals surface area contributed by atoms with Crippen LogP contribution in [0.2, 0.25) is 0 Å². The molecule has 122 valence electrons. The molecular weight excluding hydrogens is 326 g/mol. The lowest BCUT2D eigenvalue weighted by atomic mass is 10.2. The van der Waals surface area contributed by atoms with E-state index in [1.807, 2.05) is 23.1 Å². The molecule has 7 nitrogen and oxygen atoms in total. The number of nitrogens with zero attached hydrogens (tertiary/aromatic N) is 5. The van der Waals surface area contributed by atoms with E-state index in [0.717, 1.165) is 28.9 Å². The maximum Gasteiger partial charge on any atom is 0.257 e. The predicted molar refractivity (Wildman–Crippen MR) is 90.0 cm³/mol. The van der Waals surface area contributed by atoms with Crippen molar-refractivity contribution in [3.8, 4) is 10.7 Å². The topological polar surface area (TPSA) is 75.4 Å². The summed E-state index contributed by atoms with van der Waals surface area (Å²) in [5.41, 5.74) is 1.42. The van der Waals surface area contributed by atoms with Crippen molar-refractivity contribution in [1.82, 2.24) is 20.1 Å². The Balaban J connectivity index is 1.41. The summed E-state index contributed by atoms with van der Waals surface area (Å²) in [5.74, 6) is 0.00911. The third-order valence-corrected chi connectivity index (χ3v) is 4.91. The van der Waals surface area contributed by atoms with Gasteiger partial charge in [0.2, 0.25) is 5.13 Å². The Kier molecular flexibility index (Phi) is 3.96. The van der Waals surface area contributed by atoms with Gasteiger partial charge in [0.25, 0.3) is 5.91 Å². The summed E-state index contributed by atoms with van der Waals surface area (Å²) in [6.07, 6.45) is 4.75. The molecular formula is C16H15N5O2S. The van der Waals surface area contributed by atoms with Crippen LogP contribution in [0, 0.1) is 0 Å². The number of furan rings is 1. The molecule has 1 aliphatic rings. The minimum Gasteiger partial charge on any atom is -0.472 e. The van der Waals surface area contributed by atoms with Crippen molar-refractivity contribution in [2.24, 2.45) is 0 Å². The van der Waals surface area contributed by atoms with Crippen LogP contribution in [0.25, 0.3) is 10.7 Å². The van der Waals surface area contributed by atoms with E-state index in [0.29, 0.717) is 18.7 Å². The highest BCUT2D eigenvalue weighted by Crippen LogP contribution is 2.28. The van der Waals surface area contributed by atoms with Gasteiger partial charge in [0.15, 0.2) is 5.01 Å². The molecule has 0 N–H and O–H groups in total. The van der Waals surface area contributed by atoms with Crippen LogP contribution in [-0.4, -0.2) is 52.2 Å². The molecule has 0 aliphatic carbocycles. The largest absolute Gasteiger partial charge is 0.472 e. The highest BCUT2D eigenvalue weighted by molar-refractivity contribution is 7.18. The van der Waals surface area contributed by atoms with Crippen LogP contribution in [0.15, 0.2) is 47.4 Å². The monoisotopic (exact) mass is 341 g/mol. The van der Waals surface area contributed by atoms with Crippen LogP contribution < -0.4 is 4.90 Å². The summed E-state index contributed by atoms with van der Waals surface area (Å²) >= 11 is 1.52. The lowest BCUT2D eigenvalue weighted by Gasteiger charge is -2.34. The molecule has 0 saturated carbocycles. The van der Waals surface area contributed by atoms with Gasteiger partial charge in [-0.3, -0.25) is 9.78 Å². The fourth-order valence-corrected chi connectivity index (χ4v) is 3.48. The fourth-order valence-electron chi connectivity index (χ4n) is 2.61. The Morgan fingerprint density at radius 3 is 2.71 bits per heavy atom. The van der Waals surface area contributed by atoms with Crippen LogP contribution in [0.1, 0.15) is 10.4 Å². The molecule has 3 aromatic heterocycles. The predicted octanol–water partition coefficient (Wildman–Crippen LogP) is 2.16. The number of amides is 1. The third kappa shape index (κ3) is 2.88. The minimum absolute atomic E-state index is 0.00911. The zero-order chi connectivity index (χ0) is 16.4. The van der Waals surface area contributed by atoms with Crippen molar-refractivity contribution in [2.75, 3.05) is 31.1 Å². The summed E-state index contributed by atoms with van der Waals surface area (Å²) < 4.78 is 4.98. The van der Waals surface area contributed by atoms with E-state index >= 15 is 0 Å². The van der Waals surface area contributed by atoms with Gasteiger partial charge in [0.1, 0.15) is 12.0 Å². The van der Waals surface area contributed by atoms with E-state index in [2.05, 4.69) is 20.1 Å². The average molecular weight is 341 g/mol. The highest BCUT2D eigenvalue weighted by Gasteiger charge is 2.24. The molecule has 1 fully saturated rings. The van der Waals surface area contributed by atoms with Crippen LogP contribution in [0.3, 0.4) is 0 Å². The van der Waals surface area contributed by atoms with Crippen LogP contribution in [-0.2, 0) is 0 Å². The normalized spacial score (nSPS) is 14.8. The van der Waals surface area contributed by atoms with Crippen molar-refractivity contribution in [3.05, 3.63) is 48.6 Å². The molecule has 0 unspecified atom stereocenters. The number of carbonyl (C=O) groups is 1. The van der Waals surface area contributed by atoms with E-state index in [9.17, 15) is 4.79 Å². The molecule has 4 heterocycles. The number of anilines is 1. The van der Waals surface area contributed by atoms with Gasteiger partial charge in [-0.15, -0.1) is 10.2 Å². The molecule has 0 atom stereocenters. The maximum absolute atomic E-state index is 12.3. The van der Waals surface area contributed by atoms with Gasteiger partial charge >= 0.3 is 0 Å². The second-order valence-corrected chi connectivity index (χ2v) is 6.35. The Morgan fingerprint density at radius 1 is 1.12 bits per heavy atom. The zero-order valence-corrected chi connectivity index (χ0v) is 13.6. The SMILES string of the molecule is O=C(c1ccoc1)N1CCN(c2nnc(-c3ccccn3)s2)CC1. The minimum atomic E-state index is 0.00911. The van der Waals surface area contributed by atoms with Gasteiger partial charge in [-0.2, -0.15) is 0 Å². The second-order valence-electron chi connectivity index (χ2n) is 5.40. The number of rotatable bonds is 3. The van der Waals surface area contributed by atoms with Crippen molar-refractivity contribution >= 4 is 22.4 Å². The summed E-state index contributed by atoms with van der Waals surface area (Å²) in [6, 6.07) is 7.43. The number of hydrogen-bond acceptors (Lipinski definition) is 7. The molecule has 0 spiro atoms. The molecule has 1 amide bonds. The lowest BCUT2D eigenvalue weighted by molar-refractivity contribution is 0.0746. The lowest BCUT2D eigenvalue weighted by Crippen LogP contribution is -2.48. The first-order chi connectivity index (χ1) is 11.8. The number of hydrogen-bond donors (Lipinski definition) is 0. The number of aromatic nitrogens is 3. The highest BCUT2D eigenvalue weighted by atomic mass is 32.1. The Hall–Kier alpha value is -2.74. The van der Waals surface area contributed by atoms with E-state index in [4.69, 9.17) is 4.42 Å². The molecule has 0 aromatic carbocycles. The van der Waals surface area contributed by atoms with Gasteiger partial charge in [-0.25, -0.2) is 0 Å². The third-order valence-electron chi connectivity index (χ3n) is 3.90. The van der Waals surface area contributed by atoms with Crippen molar-refractivity contribution in [1.29, 1.82) is 0 Å². The quantitative estimate of drug-likeness (QED) is 0.727. The van der Waals surface area contributed by atoms with E-state index < -0.39 is 0 Å². The van der Waals surface area contributed by atoms with Crippen molar-refractivity contribution in [3.63, 3.8) is 0 Å². The van der Waals surface area contributed by atoms with E-state index in [-0.39, 0.29) is 5.91 Å². The zero-order valence-electron chi connectivity index (χ0n) is 12.8. The Labute approximate surface area is 142 Å². The van der Waals surface area contributed by atoms with Gasteiger partial charge < -0.3 is 14.2 Å². The van der Waals surface area contributed by atoms with Crippen LogP contribution in [0.5, 0.6) is 0 Å². The summed E-state index contributed by atoms with van der Waals surface area (Å²) in [4.78, 5) is 20.6. The molecule has 0 bridgehead atoms. The van der Waals surface area contributed by atoms with Crippen molar-refractivity contribution < 1.29 is 9.21 Å². The maximum atomic E-state index is 12.3. The second kappa shape index (κ2) is 6.40. The van der Waals surface area contributed by atoms with E-state index in [1.54, 1.807) is 12.3 Å². The first-order valence-electron chi connectivity index (χ1n) is 7.62. The molecule has 1 aliphatic heterocycles. The molecule has 3 aromatic rings. The Morgan fingerprint density at radius 2 is 2.00 bits per heavy atom. The number of piperazine rings is 1. The van der Waals surface area contributed by atoms with Gasteiger partial charge in [0.05, 0.1) is 11.8 Å². The Bertz CT molecular complexity index is 810. The average Bonchev–Trinajstić information content (AvgIpc) is 3.34. The van der Waals surface area contributed by atoms with Crippen LogP contribution >= 0.6 is 11.3 Å². The first-order valence-corrected chi connectivity index (χ1v) is 8.44. The van der Waals surface area contributed by atoms with Gasteiger partial charge in [-0.1, -0.05) is 17.4 Å². The number of carbonyl (C=O) groups excluding carboxylic acids is 1. The molecule has 4 rings (SSSR count). The fraction of sp³-hybridized carbons (Fsp3) is 0.250. The summed E-state index contributed by atoms with van der Waals surface area (Å²) in [7, 11) is 0. The summed E-state index contributed by atoms with van der Waals surface area (Å²) in [6.45, 7) is 2.78. The van der Waals surface area contributed by atoms with Gasteiger partial charge in [-0.05, 0) is 18.2 Å².